The number of hydrogen-bond donors (Lipinski definition) is 3. The molecular formula is C20H42IN3O2. The highest BCUT2D eigenvalue weighted by molar-refractivity contribution is 14.0. The maximum absolute atomic E-state index is 9.20. The molecule has 0 radical (unpaired) electrons. The summed E-state index contributed by atoms with van der Waals surface area (Å²) in [6.07, 6.45) is 9.87. The van der Waals surface area contributed by atoms with E-state index in [0.717, 1.165) is 63.8 Å². The van der Waals surface area contributed by atoms with E-state index in [4.69, 9.17) is 9.73 Å². The molecular weight excluding hydrogens is 441 g/mol. The number of nitrogens with zero attached hydrogens (tertiary/aromatic N) is 1. The van der Waals surface area contributed by atoms with E-state index in [9.17, 15) is 5.11 Å². The van der Waals surface area contributed by atoms with Crippen molar-refractivity contribution in [2.24, 2.45) is 16.8 Å². The molecule has 0 heterocycles. The van der Waals surface area contributed by atoms with Crippen LogP contribution in [-0.2, 0) is 4.74 Å². The zero-order valence-electron chi connectivity index (χ0n) is 17.1. The Morgan fingerprint density at radius 1 is 1.12 bits per heavy atom. The summed E-state index contributed by atoms with van der Waals surface area (Å²) in [6.45, 7) is 9.96. The first-order chi connectivity index (χ1) is 12.2. The van der Waals surface area contributed by atoms with Crippen molar-refractivity contribution in [1.82, 2.24) is 10.6 Å². The van der Waals surface area contributed by atoms with E-state index in [1.807, 2.05) is 0 Å². The van der Waals surface area contributed by atoms with Crippen LogP contribution in [0.25, 0.3) is 0 Å². The molecule has 0 aromatic rings. The van der Waals surface area contributed by atoms with Crippen molar-refractivity contribution < 1.29 is 9.84 Å². The molecule has 1 fully saturated rings. The van der Waals surface area contributed by atoms with Crippen LogP contribution in [0.3, 0.4) is 0 Å². The lowest BCUT2D eigenvalue weighted by molar-refractivity contribution is 0.0169. The van der Waals surface area contributed by atoms with Gasteiger partial charge in [-0.3, -0.25) is 4.99 Å². The van der Waals surface area contributed by atoms with Gasteiger partial charge in [0.25, 0.3) is 0 Å². The Kier molecular flexibility index (Phi) is 17.0. The van der Waals surface area contributed by atoms with Gasteiger partial charge < -0.3 is 20.5 Å². The summed E-state index contributed by atoms with van der Waals surface area (Å²) in [7, 11) is 0. The van der Waals surface area contributed by atoms with E-state index in [2.05, 4.69) is 31.4 Å². The zero-order valence-corrected chi connectivity index (χ0v) is 19.5. The van der Waals surface area contributed by atoms with Gasteiger partial charge in [0.2, 0.25) is 0 Å². The number of guanidine groups is 1. The third-order valence-corrected chi connectivity index (χ3v) is 5.11. The molecule has 0 aromatic carbocycles. The Morgan fingerprint density at radius 3 is 2.42 bits per heavy atom. The number of halogens is 1. The summed E-state index contributed by atoms with van der Waals surface area (Å²) < 4.78 is 6.00. The van der Waals surface area contributed by atoms with E-state index in [1.165, 1.54) is 25.7 Å². The van der Waals surface area contributed by atoms with E-state index in [0.29, 0.717) is 12.0 Å². The van der Waals surface area contributed by atoms with Crippen LogP contribution < -0.4 is 10.6 Å². The molecule has 1 rings (SSSR count). The van der Waals surface area contributed by atoms with Gasteiger partial charge in [-0.25, -0.2) is 0 Å². The summed E-state index contributed by atoms with van der Waals surface area (Å²) in [5.41, 5.74) is 0. The van der Waals surface area contributed by atoms with Gasteiger partial charge in [0.05, 0.1) is 6.10 Å². The predicted octanol–water partition coefficient (Wildman–Crippen LogP) is 3.94. The molecule has 26 heavy (non-hydrogen) atoms. The fourth-order valence-electron chi connectivity index (χ4n) is 3.81. The summed E-state index contributed by atoms with van der Waals surface area (Å²) in [5, 5.41) is 16.0. The van der Waals surface area contributed by atoms with Crippen molar-refractivity contribution in [3.8, 4) is 0 Å². The molecule has 0 aromatic heterocycles. The van der Waals surface area contributed by atoms with Crippen LogP contribution in [0, 0.1) is 11.8 Å². The van der Waals surface area contributed by atoms with Gasteiger partial charge in [-0.2, -0.15) is 0 Å². The average Bonchev–Trinajstić information content (AvgIpc) is 3.13. The maximum atomic E-state index is 9.20. The lowest BCUT2D eigenvalue weighted by Gasteiger charge is -2.24. The highest BCUT2D eigenvalue weighted by Crippen LogP contribution is 2.30. The summed E-state index contributed by atoms with van der Waals surface area (Å²) in [4.78, 5) is 4.73. The summed E-state index contributed by atoms with van der Waals surface area (Å²) in [5.74, 6) is 2.10. The molecule has 2 atom stereocenters. The number of aliphatic hydroxyl groups is 1. The number of rotatable bonds is 13. The Hall–Kier alpha value is -0.0800. The molecule has 0 aliphatic heterocycles. The normalized spacial score (nSPS) is 17.6. The molecule has 6 heteroatoms. The van der Waals surface area contributed by atoms with Gasteiger partial charge in [0, 0.05) is 32.8 Å². The van der Waals surface area contributed by atoms with Gasteiger partial charge in [-0.1, -0.05) is 26.2 Å². The van der Waals surface area contributed by atoms with Crippen molar-refractivity contribution in [2.45, 2.75) is 78.2 Å². The molecule has 1 saturated carbocycles. The van der Waals surface area contributed by atoms with Crippen LogP contribution in [0.2, 0.25) is 0 Å². The van der Waals surface area contributed by atoms with Crippen LogP contribution in [0.4, 0.5) is 0 Å². The topological polar surface area (TPSA) is 65.9 Å². The van der Waals surface area contributed by atoms with Gasteiger partial charge >= 0.3 is 0 Å². The third kappa shape index (κ3) is 10.9. The van der Waals surface area contributed by atoms with Gasteiger partial charge in [-0.05, 0) is 57.8 Å². The zero-order chi connectivity index (χ0) is 18.3. The Morgan fingerprint density at radius 2 is 1.85 bits per heavy atom. The van der Waals surface area contributed by atoms with Crippen LogP contribution in [0.15, 0.2) is 4.99 Å². The highest BCUT2D eigenvalue weighted by Gasteiger charge is 2.25. The predicted molar refractivity (Wildman–Crippen MR) is 121 cm³/mol. The third-order valence-electron chi connectivity index (χ3n) is 5.11. The number of hydrogen-bond acceptors (Lipinski definition) is 3. The molecule has 5 nitrogen and oxygen atoms in total. The fraction of sp³-hybridized carbons (Fsp3) is 0.950. The van der Waals surface area contributed by atoms with Gasteiger partial charge in [0.15, 0.2) is 5.96 Å². The average molecular weight is 483 g/mol. The second-order valence-corrected chi connectivity index (χ2v) is 7.14. The van der Waals surface area contributed by atoms with Crippen molar-refractivity contribution in [3.05, 3.63) is 0 Å². The summed E-state index contributed by atoms with van der Waals surface area (Å²) >= 11 is 0. The van der Waals surface area contributed by atoms with Crippen LogP contribution in [0.1, 0.15) is 72.1 Å². The molecule has 0 amide bonds. The molecule has 2 unspecified atom stereocenters. The van der Waals surface area contributed by atoms with E-state index in [1.54, 1.807) is 0 Å². The molecule has 3 N–H and O–H groups in total. The lowest BCUT2D eigenvalue weighted by Crippen LogP contribution is -2.39. The largest absolute Gasteiger partial charge is 0.396 e. The highest BCUT2D eigenvalue weighted by atomic mass is 127. The molecule has 0 bridgehead atoms. The first-order valence-corrected chi connectivity index (χ1v) is 10.5. The monoisotopic (exact) mass is 483 g/mol. The van der Waals surface area contributed by atoms with Crippen LogP contribution in [-0.4, -0.2) is 50.0 Å². The molecule has 0 saturated heterocycles. The van der Waals surface area contributed by atoms with Crippen LogP contribution in [0.5, 0.6) is 0 Å². The van der Waals surface area contributed by atoms with Crippen molar-refractivity contribution in [3.63, 3.8) is 0 Å². The van der Waals surface area contributed by atoms with Gasteiger partial charge in [-0.15, -0.1) is 24.0 Å². The second kappa shape index (κ2) is 17.0. The summed E-state index contributed by atoms with van der Waals surface area (Å²) in [6, 6.07) is 0. The lowest BCUT2D eigenvalue weighted by atomic mass is 9.98. The minimum absolute atomic E-state index is 0. The van der Waals surface area contributed by atoms with Crippen molar-refractivity contribution >= 4 is 29.9 Å². The molecule has 0 spiro atoms. The standard InChI is InChI=1S/C20H41N3O2.HI/c1-4-9-17(13-15-24)16-23-20(21-5-2)22-14-12-19(25-6-3)18-10-7-8-11-18;/h17-19,24H,4-16H2,1-3H3,(H2,21,22,23);1H. The van der Waals surface area contributed by atoms with E-state index in [-0.39, 0.29) is 30.6 Å². The van der Waals surface area contributed by atoms with Gasteiger partial charge in [0.1, 0.15) is 0 Å². The minimum atomic E-state index is 0. The number of aliphatic imine (C=N–C) groups is 1. The van der Waals surface area contributed by atoms with Crippen molar-refractivity contribution in [2.75, 3.05) is 32.8 Å². The second-order valence-electron chi connectivity index (χ2n) is 7.14. The Balaban J connectivity index is 0.00000625. The van der Waals surface area contributed by atoms with Crippen LogP contribution >= 0.6 is 24.0 Å². The first kappa shape index (κ1) is 25.9. The molecule has 1 aliphatic rings. The smallest absolute Gasteiger partial charge is 0.191 e. The fourth-order valence-corrected chi connectivity index (χ4v) is 3.81. The maximum Gasteiger partial charge on any atom is 0.191 e. The van der Waals surface area contributed by atoms with Crippen molar-refractivity contribution in [1.29, 1.82) is 0 Å². The molecule has 156 valence electrons. The number of ether oxygens (including phenoxy) is 1. The molecule has 1 aliphatic carbocycles. The minimum Gasteiger partial charge on any atom is -0.396 e. The van der Waals surface area contributed by atoms with E-state index < -0.39 is 0 Å². The quantitative estimate of drug-likeness (QED) is 0.211. The first-order valence-electron chi connectivity index (χ1n) is 10.5. The Labute approximate surface area is 178 Å². The Bertz CT molecular complexity index is 344. The van der Waals surface area contributed by atoms with E-state index >= 15 is 0 Å². The number of aliphatic hydroxyl groups excluding tert-OH is 1. The SMILES string of the molecule is CCCC(CCO)CN=C(NCC)NCCC(OCC)C1CCCC1.I. The number of nitrogens with one attached hydrogen (secondary N) is 2.